The van der Waals surface area contributed by atoms with E-state index in [0.29, 0.717) is 0 Å². The van der Waals surface area contributed by atoms with Gasteiger partial charge in [-0.3, -0.25) is 0 Å². The van der Waals surface area contributed by atoms with Crippen molar-refractivity contribution < 1.29 is 0 Å². The SMILES string of the molecule is CC(C)(C)C1=CC2=CC=C3C=C(c4ccc5c(c4)N(c4c(-c6ccccc6)cccc4-c4ccccc4)c4cc(N(c6ccc(-c7ccccc7)cc6)c6ccc(-c7ccccc7)cc6)cc6c4B5c4ccc(-n5c7ccccc7c7ccccc75)cc4N6c4c(-c5ccccc5)cccc4-c4ccccc4)C=C4C=CC(=C1)C2C34. The van der Waals surface area contributed by atoms with E-state index in [4.69, 9.17) is 0 Å². The Morgan fingerprint density at radius 1 is 0.296 bits per heavy atom. The number of allylic oxidation sites excluding steroid dienone is 14. The Kier molecular flexibility index (Phi) is 16.1. The highest BCUT2D eigenvalue weighted by molar-refractivity contribution is 7.00. The average Bonchev–Trinajstić information content (AvgIpc) is 0.731. The summed E-state index contributed by atoms with van der Waals surface area (Å²) in [5, 5.41) is 2.43. The summed E-state index contributed by atoms with van der Waals surface area (Å²) >= 11 is 0. The molecule has 0 N–H and O–H groups in total. The van der Waals surface area contributed by atoms with E-state index in [2.05, 4.69) is 453 Å². The molecule has 2 atom stereocenters. The summed E-state index contributed by atoms with van der Waals surface area (Å²) in [4.78, 5) is 7.92. The first-order valence-electron chi connectivity index (χ1n) is 40.3. The molecular weight excluding hydrogens is 1390 g/mol. The lowest BCUT2D eigenvalue weighted by atomic mass is 9.33. The minimum atomic E-state index is -0.300. The highest BCUT2D eigenvalue weighted by atomic mass is 15.2. The van der Waals surface area contributed by atoms with Crippen LogP contribution in [0.25, 0.3) is 99.8 Å². The number of anilines is 9. The van der Waals surface area contributed by atoms with Crippen LogP contribution >= 0.6 is 0 Å². The van der Waals surface area contributed by atoms with Crippen LogP contribution in [-0.2, 0) is 0 Å². The predicted octanol–water partition coefficient (Wildman–Crippen LogP) is 27.2. The second-order valence-corrected chi connectivity index (χ2v) is 32.3. The summed E-state index contributed by atoms with van der Waals surface area (Å²) in [6, 6.07) is 136. The molecule has 16 aromatic rings. The van der Waals surface area contributed by atoms with Gasteiger partial charge in [-0.15, -0.1) is 0 Å². The molecular formula is C110H79BN4. The zero-order valence-electron chi connectivity index (χ0n) is 64.3. The quantitative estimate of drug-likeness (QED) is 0.107. The van der Waals surface area contributed by atoms with Crippen molar-refractivity contribution in [2.45, 2.75) is 20.8 Å². The molecule has 0 radical (unpaired) electrons. The lowest BCUT2D eigenvalue weighted by Gasteiger charge is -2.46. The van der Waals surface area contributed by atoms with Gasteiger partial charge in [0.1, 0.15) is 0 Å². The monoisotopic (exact) mass is 1470 g/mol. The molecule has 0 saturated heterocycles. The highest BCUT2D eigenvalue weighted by Gasteiger charge is 2.47. The van der Waals surface area contributed by atoms with Crippen LogP contribution in [0.2, 0.25) is 0 Å². The molecule has 0 bridgehead atoms. The summed E-state index contributed by atoms with van der Waals surface area (Å²) in [6.07, 6.45) is 19.6. The normalized spacial score (nSPS) is 15.5. The largest absolute Gasteiger partial charge is 0.310 e. The zero-order valence-corrected chi connectivity index (χ0v) is 64.3. The first-order valence-corrected chi connectivity index (χ1v) is 40.3. The maximum atomic E-state index is 2.71. The van der Waals surface area contributed by atoms with Gasteiger partial charge in [0.2, 0.25) is 0 Å². The Morgan fingerprint density at radius 2 is 0.678 bits per heavy atom. The van der Waals surface area contributed by atoms with Gasteiger partial charge in [-0.05, 0) is 172 Å². The molecule has 5 heteroatoms. The van der Waals surface area contributed by atoms with Gasteiger partial charge in [-0.2, -0.15) is 0 Å². The Hall–Kier alpha value is -14.3. The zero-order chi connectivity index (χ0) is 76.4. The number of rotatable bonds is 13. The smallest absolute Gasteiger partial charge is 0.252 e. The number of hydrogen-bond acceptors (Lipinski definition) is 3. The van der Waals surface area contributed by atoms with Gasteiger partial charge in [0.15, 0.2) is 0 Å². The molecule has 3 heterocycles. The van der Waals surface area contributed by atoms with Crippen molar-refractivity contribution in [3.63, 3.8) is 0 Å². The number of para-hydroxylation sites is 4. The van der Waals surface area contributed by atoms with Crippen LogP contribution in [0.4, 0.5) is 51.2 Å². The van der Waals surface area contributed by atoms with E-state index in [9.17, 15) is 0 Å². The van der Waals surface area contributed by atoms with Gasteiger partial charge in [0, 0.05) is 84.7 Å². The Bertz CT molecular complexity index is 6580. The highest BCUT2D eigenvalue weighted by Crippen LogP contribution is 2.57. The van der Waals surface area contributed by atoms with Crippen LogP contribution in [0.5, 0.6) is 0 Å². The maximum absolute atomic E-state index is 2.71. The van der Waals surface area contributed by atoms with Crippen LogP contribution in [-0.4, -0.2) is 11.3 Å². The number of fused-ring (bicyclic) bond motifs is 7. The van der Waals surface area contributed by atoms with E-state index < -0.39 is 0 Å². The van der Waals surface area contributed by atoms with E-state index >= 15 is 0 Å². The molecule has 0 fully saturated rings. The van der Waals surface area contributed by atoms with Crippen molar-refractivity contribution in [1.29, 1.82) is 0 Å². The molecule has 4 nitrogen and oxygen atoms in total. The summed E-state index contributed by atoms with van der Waals surface area (Å²) in [5.74, 6) is 0.482. The molecule has 0 amide bonds. The second kappa shape index (κ2) is 27.3. The summed E-state index contributed by atoms with van der Waals surface area (Å²) in [6.45, 7) is 6.70. The summed E-state index contributed by atoms with van der Waals surface area (Å²) in [7, 11) is 0. The first kappa shape index (κ1) is 67.6. The van der Waals surface area contributed by atoms with Crippen molar-refractivity contribution >= 4 is 102 Å². The van der Waals surface area contributed by atoms with Crippen molar-refractivity contribution in [3.05, 3.63) is 446 Å². The predicted molar refractivity (Wildman–Crippen MR) is 486 cm³/mol. The average molecular weight is 1470 g/mol. The molecule has 4 aliphatic carbocycles. The molecule has 2 aliphatic heterocycles. The van der Waals surface area contributed by atoms with Gasteiger partial charge >= 0.3 is 0 Å². The standard InChI is InChI=1S/C110H79BN4/c1-110(2,3)86-66-83-50-48-81-64-85(65-82-49-51-84(67-86)106(83)105(81)82)80-56-62-97-101(68-80)114(108-91(76-32-14-6-15-33-76)42-26-43-92(108)77-34-16-7-17-35-77)103-70-90(112(87-57-52-74(53-58-87)72-28-10-4-11-29-72)88-59-54-75(55-60-88)73-30-12-5-13-31-73)71-104-107(103)111(97)98-63-61-89(113-99-46-24-22-40-95(99)96-41-23-25-47-100(96)113)69-102(98)115(104)109-93(78-36-18-8-19-37-78)44-27-45-94(109)79-38-20-9-21-39-79/h4-71,105-106H,1-3H3. The third-order valence-electron chi connectivity index (χ3n) is 24.7. The van der Waals surface area contributed by atoms with Crippen LogP contribution in [0.1, 0.15) is 26.3 Å². The molecule has 22 rings (SSSR count). The minimum Gasteiger partial charge on any atom is -0.310 e. The van der Waals surface area contributed by atoms with Crippen LogP contribution in [0, 0.1) is 17.3 Å². The number of benzene rings is 15. The third-order valence-corrected chi connectivity index (χ3v) is 24.7. The fourth-order valence-electron chi connectivity index (χ4n) is 19.3. The van der Waals surface area contributed by atoms with Crippen molar-refractivity contribution in [3.8, 4) is 72.4 Å². The summed E-state index contributed by atoms with van der Waals surface area (Å²) < 4.78 is 2.50. The molecule has 2 unspecified atom stereocenters. The van der Waals surface area contributed by atoms with Crippen molar-refractivity contribution in [2.24, 2.45) is 17.3 Å². The van der Waals surface area contributed by atoms with Crippen LogP contribution in [0.3, 0.4) is 0 Å². The molecule has 542 valence electrons. The van der Waals surface area contributed by atoms with Gasteiger partial charge in [0.05, 0.1) is 28.1 Å². The van der Waals surface area contributed by atoms with E-state index in [1.54, 1.807) is 0 Å². The topological polar surface area (TPSA) is 14.7 Å². The number of nitrogens with zero attached hydrogens (tertiary/aromatic N) is 4. The molecule has 15 aromatic carbocycles. The molecule has 6 aliphatic rings. The van der Waals surface area contributed by atoms with E-state index in [1.165, 1.54) is 60.6 Å². The number of hydrogen-bond donors (Lipinski definition) is 0. The van der Waals surface area contributed by atoms with Crippen molar-refractivity contribution in [2.75, 3.05) is 14.7 Å². The lowest BCUT2D eigenvalue weighted by molar-refractivity contribution is 0.500. The Labute approximate surface area is 672 Å². The van der Waals surface area contributed by atoms with Crippen LogP contribution in [0.15, 0.2) is 440 Å². The van der Waals surface area contributed by atoms with Crippen molar-refractivity contribution in [1.82, 2.24) is 4.57 Å². The van der Waals surface area contributed by atoms with Gasteiger partial charge < -0.3 is 19.3 Å². The molecule has 0 spiro atoms. The van der Waals surface area contributed by atoms with E-state index in [-0.39, 0.29) is 24.0 Å². The van der Waals surface area contributed by atoms with Gasteiger partial charge in [-0.25, -0.2) is 0 Å². The van der Waals surface area contributed by atoms with Gasteiger partial charge in [-0.1, -0.05) is 367 Å². The fraction of sp³-hybridized carbons (Fsp3) is 0.0545. The van der Waals surface area contributed by atoms with Gasteiger partial charge in [0.25, 0.3) is 6.71 Å². The second-order valence-electron chi connectivity index (χ2n) is 32.3. The third kappa shape index (κ3) is 11.4. The fourth-order valence-corrected chi connectivity index (χ4v) is 19.3. The maximum Gasteiger partial charge on any atom is 0.252 e. The van der Waals surface area contributed by atoms with E-state index in [1.807, 2.05) is 0 Å². The lowest BCUT2D eigenvalue weighted by Crippen LogP contribution is -2.61. The molecule has 1 aromatic heterocycles. The Morgan fingerprint density at radius 3 is 1.13 bits per heavy atom. The Balaban J connectivity index is 0.886. The summed E-state index contributed by atoms with van der Waals surface area (Å²) in [5.41, 5.74) is 39.4. The number of aromatic nitrogens is 1. The molecule has 0 saturated carbocycles. The first-order chi connectivity index (χ1) is 56.7. The molecule has 115 heavy (non-hydrogen) atoms. The minimum absolute atomic E-state index is 0.0264. The van der Waals surface area contributed by atoms with E-state index in [0.717, 1.165) is 140 Å². The van der Waals surface area contributed by atoms with Crippen LogP contribution < -0.4 is 31.1 Å².